The van der Waals surface area contributed by atoms with E-state index >= 15 is 0 Å². The zero-order chi connectivity index (χ0) is 11.7. The minimum atomic E-state index is -0.512. The summed E-state index contributed by atoms with van der Waals surface area (Å²) in [6.07, 6.45) is 3.66. The Morgan fingerprint density at radius 3 is 2.94 bits per heavy atom. The number of non-ortho nitro benzene ring substituents is 1. The molecule has 0 aliphatic carbocycles. The zero-order valence-electron chi connectivity index (χ0n) is 8.37. The highest BCUT2D eigenvalue weighted by Crippen LogP contribution is 2.30. The molecule has 0 radical (unpaired) electrons. The van der Waals surface area contributed by atoms with Gasteiger partial charge in [-0.15, -0.1) is 6.58 Å². The molecule has 0 amide bonds. The fourth-order valence-corrected chi connectivity index (χ4v) is 1.73. The number of nitrogens with one attached hydrogen (secondary N) is 1. The Morgan fingerprint density at radius 1 is 1.56 bits per heavy atom. The SMILES string of the molecule is C=CCc1c[nH]c2c(F)ccc([N+](=O)[O-])c12. The van der Waals surface area contributed by atoms with Gasteiger partial charge >= 0.3 is 0 Å². The number of hydrogen-bond donors (Lipinski definition) is 1. The van der Waals surface area contributed by atoms with Gasteiger partial charge in [-0.2, -0.15) is 0 Å². The van der Waals surface area contributed by atoms with Gasteiger partial charge in [0.2, 0.25) is 0 Å². The second-order valence-corrected chi connectivity index (χ2v) is 3.38. The molecule has 1 heterocycles. The summed E-state index contributed by atoms with van der Waals surface area (Å²) in [5, 5.41) is 11.1. The summed E-state index contributed by atoms with van der Waals surface area (Å²) < 4.78 is 13.4. The van der Waals surface area contributed by atoms with Crippen LogP contribution in [0, 0.1) is 15.9 Å². The molecule has 0 spiro atoms. The number of benzene rings is 1. The van der Waals surface area contributed by atoms with E-state index in [-0.39, 0.29) is 11.2 Å². The number of aromatic nitrogens is 1. The molecule has 0 atom stereocenters. The maximum absolute atomic E-state index is 13.4. The van der Waals surface area contributed by atoms with Gasteiger partial charge in [0, 0.05) is 12.3 Å². The first-order valence-electron chi connectivity index (χ1n) is 4.69. The molecule has 4 nitrogen and oxygen atoms in total. The van der Waals surface area contributed by atoms with Crippen LogP contribution in [-0.2, 0) is 6.42 Å². The van der Waals surface area contributed by atoms with Gasteiger partial charge in [-0.1, -0.05) is 6.08 Å². The molecule has 0 unspecified atom stereocenters. The lowest BCUT2D eigenvalue weighted by atomic mass is 10.1. The average molecular weight is 220 g/mol. The van der Waals surface area contributed by atoms with E-state index in [4.69, 9.17) is 0 Å². The van der Waals surface area contributed by atoms with Crippen LogP contribution in [0.15, 0.2) is 31.0 Å². The fraction of sp³-hybridized carbons (Fsp3) is 0.0909. The summed E-state index contributed by atoms with van der Waals surface area (Å²) in [6, 6.07) is 2.27. The first-order valence-corrected chi connectivity index (χ1v) is 4.69. The normalized spacial score (nSPS) is 10.6. The third kappa shape index (κ3) is 1.46. The van der Waals surface area contributed by atoms with Gasteiger partial charge in [-0.3, -0.25) is 10.1 Å². The molecule has 82 valence electrons. The molecular formula is C11H9FN2O2. The molecule has 0 aliphatic rings. The van der Waals surface area contributed by atoms with Crippen LogP contribution in [-0.4, -0.2) is 9.91 Å². The number of nitro groups is 1. The van der Waals surface area contributed by atoms with Crippen molar-refractivity contribution in [3.63, 3.8) is 0 Å². The molecule has 1 aromatic carbocycles. The Labute approximate surface area is 90.5 Å². The highest BCUT2D eigenvalue weighted by molar-refractivity contribution is 5.92. The van der Waals surface area contributed by atoms with Crippen LogP contribution >= 0.6 is 0 Å². The molecule has 2 aromatic rings. The predicted octanol–water partition coefficient (Wildman–Crippen LogP) is 2.94. The van der Waals surface area contributed by atoms with Gasteiger partial charge in [0.25, 0.3) is 5.69 Å². The van der Waals surface area contributed by atoms with Crippen molar-refractivity contribution in [3.8, 4) is 0 Å². The molecule has 0 saturated heterocycles. The van der Waals surface area contributed by atoms with Crippen molar-refractivity contribution in [2.24, 2.45) is 0 Å². The number of fused-ring (bicyclic) bond motifs is 1. The van der Waals surface area contributed by atoms with Crippen molar-refractivity contribution in [1.29, 1.82) is 0 Å². The van der Waals surface area contributed by atoms with Crippen LogP contribution in [0.4, 0.5) is 10.1 Å². The van der Waals surface area contributed by atoms with Crippen LogP contribution in [0.5, 0.6) is 0 Å². The van der Waals surface area contributed by atoms with Crippen LogP contribution < -0.4 is 0 Å². The Hall–Kier alpha value is -2.17. The monoisotopic (exact) mass is 220 g/mol. The fourth-order valence-electron chi connectivity index (χ4n) is 1.73. The van der Waals surface area contributed by atoms with Crippen molar-refractivity contribution in [2.45, 2.75) is 6.42 Å². The summed E-state index contributed by atoms with van der Waals surface area (Å²) in [5.74, 6) is -0.490. The average Bonchev–Trinajstić information content (AvgIpc) is 2.64. The molecule has 5 heteroatoms. The lowest BCUT2D eigenvalue weighted by molar-refractivity contribution is -0.383. The first-order chi connectivity index (χ1) is 7.65. The zero-order valence-corrected chi connectivity index (χ0v) is 8.37. The van der Waals surface area contributed by atoms with E-state index in [1.165, 1.54) is 6.07 Å². The highest BCUT2D eigenvalue weighted by atomic mass is 19.1. The van der Waals surface area contributed by atoms with Gasteiger partial charge < -0.3 is 4.98 Å². The maximum Gasteiger partial charge on any atom is 0.279 e. The Morgan fingerprint density at radius 2 is 2.31 bits per heavy atom. The number of hydrogen-bond acceptors (Lipinski definition) is 2. The van der Waals surface area contributed by atoms with E-state index < -0.39 is 10.7 Å². The third-order valence-corrected chi connectivity index (χ3v) is 2.41. The number of rotatable bonds is 3. The van der Waals surface area contributed by atoms with E-state index in [0.29, 0.717) is 17.4 Å². The highest BCUT2D eigenvalue weighted by Gasteiger charge is 2.18. The summed E-state index contributed by atoms with van der Waals surface area (Å²) in [7, 11) is 0. The Bertz CT molecular complexity index is 575. The first kappa shape index (κ1) is 10.4. The van der Waals surface area contributed by atoms with Crippen LogP contribution in [0.3, 0.4) is 0 Å². The quantitative estimate of drug-likeness (QED) is 0.491. The molecule has 16 heavy (non-hydrogen) atoms. The molecule has 1 aromatic heterocycles. The van der Waals surface area contributed by atoms with Crippen molar-refractivity contribution in [1.82, 2.24) is 4.98 Å². The maximum atomic E-state index is 13.4. The van der Waals surface area contributed by atoms with E-state index in [1.807, 2.05) is 0 Å². The van der Waals surface area contributed by atoms with Gasteiger partial charge in [0.1, 0.15) is 5.82 Å². The predicted molar refractivity (Wildman–Crippen MR) is 58.8 cm³/mol. The van der Waals surface area contributed by atoms with E-state index in [9.17, 15) is 14.5 Å². The molecule has 1 N–H and O–H groups in total. The summed E-state index contributed by atoms with van der Waals surface area (Å²) >= 11 is 0. The molecule has 2 rings (SSSR count). The molecular weight excluding hydrogens is 211 g/mol. The Balaban J connectivity index is 2.81. The van der Waals surface area contributed by atoms with E-state index in [2.05, 4.69) is 11.6 Å². The van der Waals surface area contributed by atoms with Crippen molar-refractivity contribution in [2.75, 3.05) is 0 Å². The second kappa shape index (κ2) is 3.77. The van der Waals surface area contributed by atoms with Crippen molar-refractivity contribution in [3.05, 3.63) is 52.5 Å². The smallest absolute Gasteiger partial charge is 0.279 e. The number of allylic oxidation sites excluding steroid dienone is 1. The topological polar surface area (TPSA) is 58.9 Å². The van der Waals surface area contributed by atoms with Gasteiger partial charge in [0.05, 0.1) is 15.8 Å². The summed E-state index contributed by atoms with van der Waals surface area (Å²) in [4.78, 5) is 13.0. The Kier molecular flexibility index (Phi) is 2.44. The third-order valence-electron chi connectivity index (χ3n) is 2.41. The lowest BCUT2D eigenvalue weighted by Crippen LogP contribution is -1.91. The summed E-state index contributed by atoms with van der Waals surface area (Å²) in [5.41, 5.74) is 0.761. The number of nitro benzene ring substituents is 1. The number of halogens is 1. The van der Waals surface area contributed by atoms with E-state index in [1.54, 1.807) is 12.3 Å². The minimum absolute atomic E-state index is 0.0884. The lowest BCUT2D eigenvalue weighted by Gasteiger charge is -1.98. The number of aromatic amines is 1. The second-order valence-electron chi connectivity index (χ2n) is 3.38. The summed E-state index contributed by atoms with van der Waals surface area (Å²) in [6.45, 7) is 3.56. The number of H-pyrrole nitrogens is 1. The van der Waals surface area contributed by atoms with Gasteiger partial charge in [-0.05, 0) is 18.1 Å². The van der Waals surface area contributed by atoms with Gasteiger partial charge in [-0.25, -0.2) is 4.39 Å². The molecule has 0 bridgehead atoms. The van der Waals surface area contributed by atoms with E-state index in [0.717, 1.165) is 6.07 Å². The van der Waals surface area contributed by atoms with Crippen molar-refractivity contribution < 1.29 is 9.31 Å². The largest absolute Gasteiger partial charge is 0.358 e. The molecule has 0 fully saturated rings. The van der Waals surface area contributed by atoms with Crippen LogP contribution in [0.2, 0.25) is 0 Å². The minimum Gasteiger partial charge on any atom is -0.358 e. The van der Waals surface area contributed by atoms with Crippen LogP contribution in [0.1, 0.15) is 5.56 Å². The van der Waals surface area contributed by atoms with Crippen LogP contribution in [0.25, 0.3) is 10.9 Å². The van der Waals surface area contributed by atoms with Gasteiger partial charge in [0.15, 0.2) is 0 Å². The molecule has 0 aliphatic heterocycles. The number of nitrogens with zero attached hydrogens (tertiary/aromatic N) is 1. The standard InChI is InChI=1S/C11H9FN2O2/c1-2-3-7-6-13-11-8(12)4-5-9(10(7)11)14(15)16/h2,4-6,13H,1,3H2. The molecule has 0 saturated carbocycles. The van der Waals surface area contributed by atoms with Crippen molar-refractivity contribution >= 4 is 16.6 Å².